The van der Waals surface area contributed by atoms with Gasteiger partial charge in [0.2, 0.25) is 0 Å². The predicted octanol–water partition coefficient (Wildman–Crippen LogP) is 2.39. The molecule has 1 aromatic rings. The van der Waals surface area contributed by atoms with Gasteiger partial charge in [-0.05, 0) is 20.4 Å². The van der Waals surface area contributed by atoms with Gasteiger partial charge in [-0.1, -0.05) is 6.92 Å². The third kappa shape index (κ3) is 3.89. The lowest BCUT2D eigenvalue weighted by Crippen LogP contribution is -2.16. The Labute approximate surface area is 95.9 Å². The van der Waals surface area contributed by atoms with Crippen LogP contribution in [0.15, 0.2) is 6.20 Å². The van der Waals surface area contributed by atoms with Gasteiger partial charge in [-0.15, -0.1) is 11.3 Å². The molecule has 86 valence electrons. The van der Waals surface area contributed by atoms with E-state index in [2.05, 4.69) is 31.1 Å². The Morgan fingerprint density at radius 1 is 1.53 bits per heavy atom. The lowest BCUT2D eigenvalue weighted by atomic mass is 10.3. The zero-order chi connectivity index (χ0) is 11.3. The lowest BCUT2D eigenvalue weighted by molar-refractivity contribution is 0.119. The van der Waals surface area contributed by atoms with Crippen molar-refractivity contribution in [3.63, 3.8) is 0 Å². The zero-order valence-corrected chi connectivity index (χ0v) is 10.7. The number of nitrogens with one attached hydrogen (secondary N) is 1. The van der Waals surface area contributed by atoms with Crippen LogP contribution >= 0.6 is 11.3 Å². The number of hydrogen-bond acceptors (Lipinski definition) is 4. The second-order valence-electron chi connectivity index (χ2n) is 3.69. The highest BCUT2D eigenvalue weighted by Gasteiger charge is 2.10. The molecule has 0 amide bonds. The van der Waals surface area contributed by atoms with Gasteiger partial charge in [0.15, 0.2) is 0 Å². The molecule has 0 fully saturated rings. The highest BCUT2D eigenvalue weighted by Crippen LogP contribution is 2.21. The molecule has 0 aliphatic rings. The molecule has 2 atom stereocenters. The average molecular weight is 228 g/mol. The summed E-state index contributed by atoms with van der Waals surface area (Å²) in [4.78, 5) is 5.71. The summed E-state index contributed by atoms with van der Waals surface area (Å²) in [6.45, 7) is 7.34. The van der Waals surface area contributed by atoms with E-state index >= 15 is 0 Å². The summed E-state index contributed by atoms with van der Waals surface area (Å²) in [6.07, 6.45) is 3.12. The molecule has 15 heavy (non-hydrogen) atoms. The molecule has 0 aliphatic carbocycles. The smallest absolute Gasteiger partial charge is 0.0954 e. The first kappa shape index (κ1) is 12.6. The van der Waals surface area contributed by atoms with Gasteiger partial charge in [0.25, 0.3) is 0 Å². The number of aromatic nitrogens is 1. The highest BCUT2D eigenvalue weighted by atomic mass is 32.1. The molecule has 3 nitrogen and oxygen atoms in total. The lowest BCUT2D eigenvalue weighted by Gasteiger charge is -2.08. The van der Waals surface area contributed by atoms with Crippen LogP contribution in [0.2, 0.25) is 0 Å². The molecular weight excluding hydrogens is 208 g/mol. The number of hydrogen-bond donors (Lipinski definition) is 1. The fraction of sp³-hybridized carbons (Fsp3) is 0.727. The molecule has 2 unspecified atom stereocenters. The van der Waals surface area contributed by atoms with E-state index in [-0.39, 0.29) is 6.10 Å². The van der Waals surface area contributed by atoms with Crippen LogP contribution in [-0.2, 0) is 11.2 Å². The molecule has 1 N–H and O–H groups in total. The van der Waals surface area contributed by atoms with Crippen LogP contribution in [0.1, 0.15) is 36.7 Å². The number of rotatable bonds is 6. The van der Waals surface area contributed by atoms with Crippen molar-refractivity contribution in [2.75, 3.05) is 13.7 Å². The molecule has 0 radical (unpaired) electrons. The van der Waals surface area contributed by atoms with Crippen LogP contribution in [0.3, 0.4) is 0 Å². The summed E-state index contributed by atoms with van der Waals surface area (Å²) in [6, 6.07) is 0.402. The Morgan fingerprint density at radius 3 is 2.87 bits per heavy atom. The normalized spacial score (nSPS) is 15.2. The summed E-state index contributed by atoms with van der Waals surface area (Å²) >= 11 is 1.77. The highest BCUT2D eigenvalue weighted by molar-refractivity contribution is 7.11. The predicted molar refractivity (Wildman–Crippen MR) is 64.4 cm³/mol. The first-order valence-corrected chi connectivity index (χ1v) is 6.19. The van der Waals surface area contributed by atoms with Gasteiger partial charge in [0.1, 0.15) is 0 Å². The fourth-order valence-electron chi connectivity index (χ4n) is 1.35. The number of ether oxygens (including phenoxy) is 1. The van der Waals surface area contributed by atoms with Crippen LogP contribution in [-0.4, -0.2) is 24.7 Å². The van der Waals surface area contributed by atoms with Gasteiger partial charge in [0.05, 0.1) is 11.1 Å². The van der Waals surface area contributed by atoms with E-state index in [1.807, 2.05) is 6.20 Å². The van der Waals surface area contributed by atoms with E-state index in [0.29, 0.717) is 6.04 Å². The Hall–Kier alpha value is -0.450. The van der Waals surface area contributed by atoms with Crippen molar-refractivity contribution in [2.24, 2.45) is 0 Å². The molecule has 4 heteroatoms. The summed E-state index contributed by atoms with van der Waals surface area (Å²) in [7, 11) is 1.74. The van der Waals surface area contributed by atoms with Gasteiger partial charge < -0.3 is 10.1 Å². The minimum atomic E-state index is 0.249. The molecular formula is C11H20N2OS. The molecule has 0 saturated heterocycles. The SMILES string of the molecule is CCNC(C)c1cnc(CC(C)OC)s1. The van der Waals surface area contributed by atoms with Gasteiger partial charge in [0, 0.05) is 30.6 Å². The molecule has 0 aliphatic heterocycles. The second-order valence-corrected chi connectivity index (χ2v) is 4.83. The van der Waals surface area contributed by atoms with Crippen molar-refractivity contribution in [1.29, 1.82) is 0 Å². The summed E-state index contributed by atoms with van der Waals surface area (Å²) in [5.41, 5.74) is 0. The third-order valence-electron chi connectivity index (χ3n) is 2.37. The maximum absolute atomic E-state index is 5.22. The van der Waals surface area contributed by atoms with Crippen LogP contribution in [0.4, 0.5) is 0 Å². The van der Waals surface area contributed by atoms with Crippen molar-refractivity contribution < 1.29 is 4.74 Å². The monoisotopic (exact) mass is 228 g/mol. The summed E-state index contributed by atoms with van der Waals surface area (Å²) in [5.74, 6) is 0. The van der Waals surface area contributed by atoms with Gasteiger partial charge in [-0.3, -0.25) is 0 Å². The van der Waals surface area contributed by atoms with Crippen molar-refractivity contribution in [3.05, 3.63) is 16.1 Å². The number of thiazole rings is 1. The van der Waals surface area contributed by atoms with Gasteiger partial charge in [-0.25, -0.2) is 4.98 Å². The van der Waals surface area contributed by atoms with Crippen LogP contribution < -0.4 is 5.32 Å². The van der Waals surface area contributed by atoms with E-state index in [9.17, 15) is 0 Å². The van der Waals surface area contributed by atoms with Crippen molar-refractivity contribution in [2.45, 2.75) is 39.3 Å². The average Bonchev–Trinajstić information content (AvgIpc) is 2.66. The first-order chi connectivity index (χ1) is 7.17. The van der Waals surface area contributed by atoms with Crippen molar-refractivity contribution in [1.82, 2.24) is 10.3 Å². The van der Waals surface area contributed by atoms with E-state index in [1.165, 1.54) is 4.88 Å². The van der Waals surface area contributed by atoms with Crippen LogP contribution in [0.5, 0.6) is 0 Å². The largest absolute Gasteiger partial charge is 0.381 e. The second kappa shape index (κ2) is 6.20. The molecule has 0 saturated carbocycles. The molecule has 1 aromatic heterocycles. The molecule has 0 aromatic carbocycles. The zero-order valence-electron chi connectivity index (χ0n) is 9.91. The van der Waals surface area contributed by atoms with Crippen LogP contribution in [0.25, 0.3) is 0 Å². The van der Waals surface area contributed by atoms with Crippen molar-refractivity contribution >= 4 is 11.3 Å². The Kier molecular flexibility index (Phi) is 5.22. The quantitative estimate of drug-likeness (QED) is 0.812. The summed E-state index contributed by atoms with van der Waals surface area (Å²) in [5, 5.41) is 4.54. The number of nitrogens with zero attached hydrogens (tertiary/aromatic N) is 1. The Morgan fingerprint density at radius 2 is 2.27 bits per heavy atom. The molecule has 1 rings (SSSR count). The van der Waals surface area contributed by atoms with Crippen LogP contribution in [0, 0.1) is 0 Å². The molecule has 0 spiro atoms. The maximum Gasteiger partial charge on any atom is 0.0954 e. The first-order valence-electron chi connectivity index (χ1n) is 5.38. The Bertz CT molecular complexity index is 288. The third-order valence-corrected chi connectivity index (χ3v) is 3.58. The topological polar surface area (TPSA) is 34.2 Å². The van der Waals surface area contributed by atoms with Crippen molar-refractivity contribution in [3.8, 4) is 0 Å². The van der Waals surface area contributed by atoms with Gasteiger partial charge in [-0.2, -0.15) is 0 Å². The van der Waals surface area contributed by atoms with Gasteiger partial charge >= 0.3 is 0 Å². The molecule has 0 bridgehead atoms. The maximum atomic E-state index is 5.22. The standard InChI is InChI=1S/C11H20N2OS/c1-5-12-9(3)10-7-13-11(15-10)6-8(2)14-4/h7-9,12H,5-6H2,1-4H3. The van der Waals surface area contributed by atoms with E-state index in [4.69, 9.17) is 4.74 Å². The fourth-order valence-corrected chi connectivity index (χ4v) is 2.42. The van der Waals surface area contributed by atoms with E-state index in [0.717, 1.165) is 18.0 Å². The van der Waals surface area contributed by atoms with E-state index in [1.54, 1.807) is 18.4 Å². The molecule has 1 heterocycles. The van der Waals surface area contributed by atoms with E-state index < -0.39 is 0 Å². The summed E-state index contributed by atoms with van der Waals surface area (Å²) < 4.78 is 5.22. The minimum Gasteiger partial charge on any atom is -0.381 e. The minimum absolute atomic E-state index is 0.249. The number of methoxy groups -OCH3 is 1. The Balaban J connectivity index is 2.55.